The van der Waals surface area contributed by atoms with E-state index < -0.39 is 22.4 Å². The molecule has 20 heavy (non-hydrogen) atoms. The topological polar surface area (TPSA) is 55.2 Å². The number of halogens is 4. The summed E-state index contributed by atoms with van der Waals surface area (Å²) in [7, 11) is 0. The Bertz CT molecular complexity index is 671. The van der Waals surface area contributed by atoms with Gasteiger partial charge in [-0.05, 0) is 12.1 Å². The largest absolute Gasteiger partial charge is 0.350 e. The van der Waals surface area contributed by atoms with Crippen LogP contribution in [0.3, 0.4) is 0 Å². The zero-order valence-electron chi connectivity index (χ0n) is 9.66. The molecule has 0 fully saturated rings. The molecule has 0 aliphatic heterocycles. The van der Waals surface area contributed by atoms with Gasteiger partial charge < -0.3 is 5.32 Å². The van der Waals surface area contributed by atoms with Crippen LogP contribution in [0.1, 0.15) is 0 Å². The van der Waals surface area contributed by atoms with Crippen LogP contribution in [0.4, 0.5) is 30.2 Å². The molecular formula is C12H6BrF3N2O2. The molecule has 2 rings (SSSR count). The smallest absolute Gasteiger partial charge is 0.293 e. The van der Waals surface area contributed by atoms with Gasteiger partial charge in [-0.3, -0.25) is 10.1 Å². The zero-order valence-corrected chi connectivity index (χ0v) is 11.2. The molecule has 0 bridgehead atoms. The molecule has 0 spiro atoms. The Balaban J connectivity index is 2.42. The number of benzene rings is 2. The fraction of sp³-hybridized carbons (Fsp3) is 0. The molecule has 8 heteroatoms. The summed E-state index contributed by atoms with van der Waals surface area (Å²) in [5.41, 5.74) is -0.389. The van der Waals surface area contributed by atoms with Crippen molar-refractivity contribution in [2.45, 2.75) is 0 Å². The van der Waals surface area contributed by atoms with Crippen LogP contribution in [0, 0.1) is 27.6 Å². The number of nitro groups is 1. The van der Waals surface area contributed by atoms with E-state index in [2.05, 4.69) is 21.2 Å². The highest BCUT2D eigenvalue weighted by atomic mass is 79.9. The molecule has 0 atom stereocenters. The van der Waals surface area contributed by atoms with E-state index in [1.807, 2.05) is 0 Å². The normalized spacial score (nSPS) is 10.4. The second-order valence-corrected chi connectivity index (χ2v) is 4.71. The van der Waals surface area contributed by atoms with Gasteiger partial charge in [0, 0.05) is 28.4 Å². The molecule has 0 aliphatic rings. The van der Waals surface area contributed by atoms with E-state index in [0.717, 1.165) is 0 Å². The number of nitro benzene ring substituents is 1. The third-order valence-electron chi connectivity index (χ3n) is 2.42. The Morgan fingerprint density at radius 3 is 2.25 bits per heavy atom. The van der Waals surface area contributed by atoms with Crippen LogP contribution in [-0.4, -0.2) is 4.92 Å². The lowest BCUT2D eigenvalue weighted by molar-refractivity contribution is -0.384. The van der Waals surface area contributed by atoms with Crippen LogP contribution in [0.2, 0.25) is 0 Å². The van der Waals surface area contributed by atoms with Gasteiger partial charge in [-0.15, -0.1) is 0 Å². The van der Waals surface area contributed by atoms with E-state index in [0.29, 0.717) is 16.6 Å². The summed E-state index contributed by atoms with van der Waals surface area (Å²) in [5.74, 6) is -4.36. The first kappa shape index (κ1) is 14.3. The second-order valence-electron chi connectivity index (χ2n) is 3.80. The molecule has 104 valence electrons. The number of nitrogens with one attached hydrogen (secondary N) is 1. The molecule has 0 saturated heterocycles. The monoisotopic (exact) mass is 346 g/mol. The van der Waals surface area contributed by atoms with Crippen molar-refractivity contribution in [3.05, 3.63) is 62.4 Å². The fourth-order valence-corrected chi connectivity index (χ4v) is 1.89. The Morgan fingerprint density at radius 1 is 1.10 bits per heavy atom. The summed E-state index contributed by atoms with van der Waals surface area (Å²) >= 11 is 3.08. The predicted molar refractivity (Wildman–Crippen MR) is 70.4 cm³/mol. The first-order chi connectivity index (χ1) is 9.38. The first-order valence-electron chi connectivity index (χ1n) is 5.24. The fourth-order valence-electron chi connectivity index (χ4n) is 1.54. The molecule has 0 amide bonds. The number of hydrogen-bond donors (Lipinski definition) is 1. The van der Waals surface area contributed by atoms with Gasteiger partial charge >= 0.3 is 0 Å². The minimum absolute atomic E-state index is 0.0311. The highest BCUT2D eigenvalue weighted by Crippen LogP contribution is 2.31. The maximum Gasteiger partial charge on any atom is 0.293 e. The van der Waals surface area contributed by atoms with Crippen LogP contribution < -0.4 is 5.32 Å². The SMILES string of the molecule is O=[N+]([O-])c1cc(Br)ccc1Nc1cc(F)c(F)c(F)c1. The van der Waals surface area contributed by atoms with Crippen LogP contribution >= 0.6 is 15.9 Å². The predicted octanol–water partition coefficient (Wildman–Crippen LogP) is 4.52. The van der Waals surface area contributed by atoms with E-state index in [4.69, 9.17) is 0 Å². The van der Waals surface area contributed by atoms with Crippen LogP contribution in [-0.2, 0) is 0 Å². The van der Waals surface area contributed by atoms with Gasteiger partial charge in [0.25, 0.3) is 5.69 Å². The summed E-state index contributed by atoms with van der Waals surface area (Å²) in [5, 5.41) is 13.4. The summed E-state index contributed by atoms with van der Waals surface area (Å²) in [4.78, 5) is 10.2. The lowest BCUT2D eigenvalue weighted by atomic mass is 10.2. The molecule has 2 aromatic rings. The lowest BCUT2D eigenvalue weighted by Gasteiger charge is -2.08. The Morgan fingerprint density at radius 2 is 1.70 bits per heavy atom. The van der Waals surface area contributed by atoms with Crippen LogP contribution in [0.5, 0.6) is 0 Å². The van der Waals surface area contributed by atoms with Crippen molar-refractivity contribution < 1.29 is 18.1 Å². The number of hydrogen-bond acceptors (Lipinski definition) is 3. The Hall–Kier alpha value is -2.09. The number of nitrogens with zero attached hydrogens (tertiary/aromatic N) is 1. The summed E-state index contributed by atoms with van der Waals surface area (Å²) in [6, 6.07) is 5.54. The van der Waals surface area contributed by atoms with E-state index in [1.54, 1.807) is 0 Å². The van der Waals surface area contributed by atoms with Crippen LogP contribution in [0.25, 0.3) is 0 Å². The molecule has 4 nitrogen and oxygen atoms in total. The summed E-state index contributed by atoms with van der Waals surface area (Å²) in [6.45, 7) is 0. The minimum atomic E-state index is -1.60. The third-order valence-corrected chi connectivity index (χ3v) is 2.91. The van der Waals surface area contributed by atoms with Crippen molar-refractivity contribution in [2.24, 2.45) is 0 Å². The van der Waals surface area contributed by atoms with E-state index >= 15 is 0 Å². The molecule has 0 unspecified atom stereocenters. The maximum atomic E-state index is 13.1. The number of rotatable bonds is 3. The maximum absolute atomic E-state index is 13.1. The van der Waals surface area contributed by atoms with E-state index in [1.165, 1.54) is 18.2 Å². The molecule has 0 saturated carbocycles. The zero-order chi connectivity index (χ0) is 14.9. The minimum Gasteiger partial charge on any atom is -0.350 e. The second kappa shape index (κ2) is 5.49. The average molecular weight is 347 g/mol. The van der Waals surface area contributed by atoms with Crippen molar-refractivity contribution in [3.63, 3.8) is 0 Å². The van der Waals surface area contributed by atoms with Gasteiger partial charge in [-0.2, -0.15) is 0 Å². The van der Waals surface area contributed by atoms with Crippen molar-refractivity contribution >= 4 is 33.0 Å². The van der Waals surface area contributed by atoms with Gasteiger partial charge in [-0.1, -0.05) is 15.9 Å². The number of anilines is 2. The van der Waals surface area contributed by atoms with Crippen molar-refractivity contribution in [1.82, 2.24) is 0 Å². The average Bonchev–Trinajstić information content (AvgIpc) is 2.37. The first-order valence-corrected chi connectivity index (χ1v) is 6.03. The van der Waals surface area contributed by atoms with E-state index in [9.17, 15) is 23.3 Å². The van der Waals surface area contributed by atoms with E-state index in [-0.39, 0.29) is 17.1 Å². The third kappa shape index (κ3) is 2.90. The van der Waals surface area contributed by atoms with Gasteiger partial charge in [-0.25, -0.2) is 13.2 Å². The van der Waals surface area contributed by atoms with Crippen molar-refractivity contribution in [3.8, 4) is 0 Å². The molecule has 0 aromatic heterocycles. The summed E-state index contributed by atoms with van der Waals surface area (Å²) < 4.78 is 39.4. The molecule has 0 radical (unpaired) electrons. The van der Waals surface area contributed by atoms with Gasteiger partial charge in [0.05, 0.1) is 4.92 Å². The van der Waals surface area contributed by atoms with Gasteiger partial charge in [0.15, 0.2) is 17.5 Å². The lowest BCUT2D eigenvalue weighted by Crippen LogP contribution is -1.99. The summed E-state index contributed by atoms with van der Waals surface area (Å²) in [6.07, 6.45) is 0. The quantitative estimate of drug-likeness (QED) is 0.505. The van der Waals surface area contributed by atoms with Crippen molar-refractivity contribution in [2.75, 3.05) is 5.32 Å². The molecular weight excluding hydrogens is 341 g/mol. The van der Waals surface area contributed by atoms with Gasteiger partial charge in [0.1, 0.15) is 5.69 Å². The van der Waals surface area contributed by atoms with Crippen molar-refractivity contribution in [1.29, 1.82) is 0 Å². The Labute approximate surface area is 119 Å². The molecule has 0 aliphatic carbocycles. The molecule has 2 aromatic carbocycles. The standard InChI is InChI=1S/C12H6BrF3N2O2/c13-6-1-2-10(11(3-6)18(19)20)17-7-4-8(14)12(16)9(15)5-7/h1-5,17H. The highest BCUT2D eigenvalue weighted by molar-refractivity contribution is 9.10. The van der Waals surface area contributed by atoms with Crippen LogP contribution in [0.15, 0.2) is 34.8 Å². The molecule has 0 heterocycles. The van der Waals surface area contributed by atoms with Gasteiger partial charge in [0.2, 0.25) is 0 Å². The Kier molecular flexibility index (Phi) is 3.93. The highest BCUT2D eigenvalue weighted by Gasteiger charge is 2.16. The molecule has 1 N–H and O–H groups in total.